The van der Waals surface area contributed by atoms with E-state index in [1.807, 2.05) is 36.5 Å². The van der Waals surface area contributed by atoms with E-state index < -0.39 is 0 Å². The van der Waals surface area contributed by atoms with Crippen LogP contribution in [0.4, 0.5) is 4.39 Å². The normalized spacial score (nSPS) is 16.1. The third-order valence-corrected chi connectivity index (χ3v) is 9.85. The molecular weight excluding hydrogens is 617 g/mol. The third kappa shape index (κ3) is 6.04. The Bertz CT molecular complexity index is 2090. The van der Waals surface area contributed by atoms with Crippen LogP contribution < -0.4 is 14.2 Å². The average molecular weight is 654 g/mol. The van der Waals surface area contributed by atoms with Gasteiger partial charge in [0.25, 0.3) is 0 Å². The van der Waals surface area contributed by atoms with Crippen molar-refractivity contribution in [3.63, 3.8) is 0 Å². The van der Waals surface area contributed by atoms with Crippen LogP contribution in [0.1, 0.15) is 18.4 Å². The van der Waals surface area contributed by atoms with Crippen molar-refractivity contribution < 1.29 is 18.6 Å². The van der Waals surface area contributed by atoms with Crippen LogP contribution in [0.15, 0.2) is 67.1 Å². The van der Waals surface area contributed by atoms with Crippen LogP contribution in [0.5, 0.6) is 17.4 Å². The van der Waals surface area contributed by atoms with Gasteiger partial charge in [0, 0.05) is 61.5 Å². The summed E-state index contributed by atoms with van der Waals surface area (Å²) in [5, 5.41) is 9.97. The molecule has 47 heavy (non-hydrogen) atoms. The Hall–Kier alpha value is -4.18. The molecule has 8 rings (SSSR count). The molecule has 1 aliphatic carbocycles. The van der Waals surface area contributed by atoms with Crippen LogP contribution in [0.25, 0.3) is 37.8 Å². The summed E-state index contributed by atoms with van der Waals surface area (Å²) in [5.41, 5.74) is 1.83. The van der Waals surface area contributed by atoms with Crippen LogP contribution in [-0.2, 0) is 6.42 Å². The van der Waals surface area contributed by atoms with Crippen LogP contribution >= 0.6 is 11.6 Å². The first-order valence-corrected chi connectivity index (χ1v) is 16.8. The molecule has 242 valence electrons. The molecule has 8 nitrogen and oxygen atoms in total. The van der Waals surface area contributed by atoms with Gasteiger partial charge in [-0.1, -0.05) is 35.9 Å². The molecule has 2 aliphatic rings. The largest absolute Gasteiger partial charge is 0.493 e. The molecule has 3 heterocycles. The van der Waals surface area contributed by atoms with E-state index in [-0.39, 0.29) is 5.82 Å². The molecule has 1 aliphatic heterocycles. The lowest BCUT2D eigenvalue weighted by Gasteiger charge is -2.32. The first-order valence-electron chi connectivity index (χ1n) is 16.4. The second-order valence-corrected chi connectivity index (χ2v) is 13.1. The van der Waals surface area contributed by atoms with Gasteiger partial charge >= 0.3 is 0 Å². The zero-order valence-corrected chi connectivity index (χ0v) is 27.2. The van der Waals surface area contributed by atoms with E-state index in [9.17, 15) is 4.39 Å². The predicted molar refractivity (Wildman–Crippen MR) is 184 cm³/mol. The molecular formula is C37H37ClFN5O3. The molecule has 0 amide bonds. The predicted octanol–water partition coefficient (Wildman–Crippen LogP) is 7.02. The lowest BCUT2D eigenvalue weighted by atomic mass is 9.95. The summed E-state index contributed by atoms with van der Waals surface area (Å²) in [6, 6.07) is 16.9. The van der Waals surface area contributed by atoms with E-state index in [4.69, 9.17) is 25.8 Å². The van der Waals surface area contributed by atoms with E-state index in [2.05, 4.69) is 33.0 Å². The molecule has 0 bridgehead atoms. The number of hydrogen-bond acceptors (Lipinski definition) is 7. The Morgan fingerprint density at radius 2 is 1.68 bits per heavy atom. The maximum Gasteiger partial charge on any atom is 0.242 e. The minimum Gasteiger partial charge on any atom is -0.493 e. The summed E-state index contributed by atoms with van der Waals surface area (Å²) in [7, 11) is 2.15. The Morgan fingerprint density at radius 1 is 0.851 bits per heavy atom. The number of piperazine rings is 1. The van der Waals surface area contributed by atoms with Crippen molar-refractivity contribution in [1.29, 1.82) is 0 Å². The number of aromatic nitrogens is 3. The fourth-order valence-corrected chi connectivity index (χ4v) is 6.94. The number of rotatable bonds is 11. The summed E-state index contributed by atoms with van der Waals surface area (Å²) in [6.45, 7) is 6.63. The zero-order chi connectivity index (χ0) is 31.9. The number of ether oxygens (including phenoxy) is 3. The van der Waals surface area contributed by atoms with Crippen LogP contribution in [0, 0.1) is 11.7 Å². The second-order valence-electron chi connectivity index (χ2n) is 12.7. The number of fused-ring (bicyclic) bond motifs is 8. The lowest BCUT2D eigenvalue weighted by molar-refractivity contribution is 0.134. The number of likely N-dealkylation sites (N-methyl/N-ethyl adjacent to an activating group) is 1. The molecule has 4 aromatic carbocycles. The SMILES string of the molecule is CN1CCN(CCOc2ccc3c(c2Cl)c2cc(F)ccc2c2cn4ncnc(OCCc5ccccc5OCC5CC5)c4c23)CC1. The highest BCUT2D eigenvalue weighted by Gasteiger charge is 2.23. The van der Waals surface area contributed by atoms with Crippen molar-refractivity contribution in [1.82, 2.24) is 24.4 Å². The Labute approximate surface area is 277 Å². The Balaban J connectivity index is 1.14. The molecule has 2 fully saturated rings. The van der Waals surface area contributed by atoms with E-state index in [1.54, 1.807) is 16.6 Å². The van der Waals surface area contributed by atoms with E-state index in [1.165, 1.54) is 25.2 Å². The van der Waals surface area contributed by atoms with Crippen molar-refractivity contribution in [2.75, 3.05) is 59.6 Å². The number of halogens is 2. The maximum atomic E-state index is 14.8. The molecule has 6 aromatic rings. The van der Waals surface area contributed by atoms with Gasteiger partial charge in [-0.25, -0.2) is 8.91 Å². The first kappa shape index (κ1) is 30.2. The van der Waals surface area contributed by atoms with E-state index in [0.717, 1.165) is 88.5 Å². The monoisotopic (exact) mass is 653 g/mol. The van der Waals surface area contributed by atoms with Gasteiger partial charge in [0.15, 0.2) is 0 Å². The van der Waals surface area contributed by atoms with Crippen molar-refractivity contribution >= 4 is 49.4 Å². The van der Waals surface area contributed by atoms with Gasteiger partial charge in [-0.2, -0.15) is 10.1 Å². The molecule has 0 unspecified atom stereocenters. The zero-order valence-electron chi connectivity index (χ0n) is 26.4. The minimum absolute atomic E-state index is 0.329. The highest BCUT2D eigenvalue weighted by Crippen LogP contribution is 2.45. The van der Waals surface area contributed by atoms with Gasteiger partial charge in [-0.15, -0.1) is 0 Å². The fraction of sp³-hybridized carbons (Fsp3) is 0.351. The van der Waals surface area contributed by atoms with Gasteiger partial charge < -0.3 is 19.1 Å². The molecule has 2 aromatic heterocycles. The first-order chi connectivity index (χ1) is 23.0. The fourth-order valence-electron chi connectivity index (χ4n) is 6.62. The van der Waals surface area contributed by atoms with E-state index >= 15 is 0 Å². The molecule has 1 saturated carbocycles. The van der Waals surface area contributed by atoms with Crippen molar-refractivity contribution in [3.8, 4) is 17.4 Å². The average Bonchev–Trinajstić information content (AvgIpc) is 3.83. The Morgan fingerprint density at radius 3 is 2.53 bits per heavy atom. The number of para-hydroxylation sites is 1. The van der Waals surface area contributed by atoms with Crippen molar-refractivity contribution in [2.45, 2.75) is 19.3 Å². The highest BCUT2D eigenvalue weighted by atomic mass is 35.5. The van der Waals surface area contributed by atoms with Crippen LogP contribution in [0.2, 0.25) is 5.02 Å². The Kier molecular flexibility index (Phi) is 8.21. The van der Waals surface area contributed by atoms with Gasteiger partial charge in [-0.05, 0) is 77.9 Å². The highest BCUT2D eigenvalue weighted by molar-refractivity contribution is 6.42. The third-order valence-electron chi connectivity index (χ3n) is 9.47. The molecule has 10 heteroatoms. The summed E-state index contributed by atoms with van der Waals surface area (Å²) in [4.78, 5) is 9.30. The summed E-state index contributed by atoms with van der Waals surface area (Å²) >= 11 is 7.14. The molecule has 0 radical (unpaired) electrons. The van der Waals surface area contributed by atoms with Gasteiger partial charge in [0.2, 0.25) is 5.88 Å². The smallest absolute Gasteiger partial charge is 0.242 e. The van der Waals surface area contributed by atoms with Crippen molar-refractivity contribution in [3.05, 3.63) is 83.5 Å². The van der Waals surface area contributed by atoms with Crippen LogP contribution in [-0.4, -0.2) is 84.0 Å². The standard InChI is InChI=1S/C37H37ClFN5O3/c1-42-13-15-43(16-14-42)17-19-45-32-11-10-28-33(35(32)38)29-20-26(39)8-9-27(29)30-21-44-36(34(28)30)37(40-23-41-44)46-18-12-25-4-2-3-5-31(25)47-22-24-6-7-24/h2-5,8-11,20-21,23-24H,6-7,12-19,22H2,1H3. The topological polar surface area (TPSA) is 64.4 Å². The summed E-state index contributed by atoms with van der Waals surface area (Å²) in [5.74, 6) is 2.31. The summed E-state index contributed by atoms with van der Waals surface area (Å²) < 4.78 is 35.3. The van der Waals surface area contributed by atoms with E-state index in [0.29, 0.717) is 42.2 Å². The van der Waals surface area contributed by atoms with Gasteiger partial charge in [0.1, 0.15) is 35.8 Å². The number of benzene rings is 4. The van der Waals surface area contributed by atoms with Gasteiger partial charge in [0.05, 0.1) is 18.2 Å². The molecule has 0 atom stereocenters. The maximum absolute atomic E-state index is 14.8. The van der Waals surface area contributed by atoms with Crippen LogP contribution in [0.3, 0.4) is 0 Å². The molecule has 0 spiro atoms. The summed E-state index contributed by atoms with van der Waals surface area (Å²) in [6.07, 6.45) is 6.61. The van der Waals surface area contributed by atoms with Gasteiger partial charge in [-0.3, -0.25) is 4.90 Å². The lowest BCUT2D eigenvalue weighted by Crippen LogP contribution is -2.45. The van der Waals surface area contributed by atoms with Crippen molar-refractivity contribution in [2.24, 2.45) is 5.92 Å². The quantitative estimate of drug-likeness (QED) is 0.139. The number of hydrogen-bond donors (Lipinski definition) is 0. The minimum atomic E-state index is -0.329. The molecule has 1 saturated heterocycles. The molecule has 0 N–H and O–H groups in total. The second kappa shape index (κ2) is 12.8. The number of nitrogens with zero attached hydrogens (tertiary/aromatic N) is 5.